The van der Waals surface area contributed by atoms with E-state index in [9.17, 15) is 10.1 Å². The first-order valence-electron chi connectivity index (χ1n) is 6.14. The van der Waals surface area contributed by atoms with E-state index >= 15 is 0 Å². The van der Waals surface area contributed by atoms with E-state index in [1.807, 2.05) is 0 Å². The van der Waals surface area contributed by atoms with Crippen LogP contribution in [0, 0.1) is 16.0 Å². The summed E-state index contributed by atoms with van der Waals surface area (Å²) in [6, 6.07) is 4.58. The second-order valence-electron chi connectivity index (χ2n) is 4.75. The molecule has 0 saturated heterocycles. The monoisotopic (exact) mass is 270 g/mol. The molecule has 0 fully saturated rings. The van der Waals surface area contributed by atoms with E-state index in [4.69, 9.17) is 11.6 Å². The molecule has 0 radical (unpaired) electrons. The molecule has 18 heavy (non-hydrogen) atoms. The highest BCUT2D eigenvalue weighted by molar-refractivity contribution is 6.31. The summed E-state index contributed by atoms with van der Waals surface area (Å²) in [6.45, 7) is 5.99. The Kier molecular flexibility index (Phi) is 6.09. The van der Waals surface area contributed by atoms with Crippen LogP contribution >= 0.6 is 11.6 Å². The van der Waals surface area contributed by atoms with Gasteiger partial charge in [0.2, 0.25) is 0 Å². The van der Waals surface area contributed by atoms with Gasteiger partial charge in [0.15, 0.2) is 0 Å². The summed E-state index contributed by atoms with van der Waals surface area (Å²) in [5.74, 6) is 0.717. The van der Waals surface area contributed by atoms with Gasteiger partial charge in [0, 0.05) is 18.7 Å². The van der Waals surface area contributed by atoms with E-state index in [2.05, 4.69) is 19.2 Å². The van der Waals surface area contributed by atoms with Gasteiger partial charge in [0.1, 0.15) is 0 Å². The molecule has 0 aliphatic rings. The number of nitro benzene ring substituents is 1. The summed E-state index contributed by atoms with van der Waals surface area (Å²) in [6.07, 6.45) is 2.32. The minimum absolute atomic E-state index is 0.0311. The third-order valence-corrected chi connectivity index (χ3v) is 3.05. The largest absolute Gasteiger partial charge is 0.313 e. The fraction of sp³-hybridized carbons (Fsp3) is 0.538. The van der Waals surface area contributed by atoms with E-state index in [-0.39, 0.29) is 5.69 Å². The highest BCUT2D eigenvalue weighted by atomic mass is 35.5. The van der Waals surface area contributed by atoms with Crippen LogP contribution in [0.5, 0.6) is 0 Å². The lowest BCUT2D eigenvalue weighted by Gasteiger charge is -2.08. The van der Waals surface area contributed by atoms with Gasteiger partial charge in [-0.15, -0.1) is 0 Å². The average molecular weight is 271 g/mol. The maximum Gasteiger partial charge on any atom is 0.270 e. The fourth-order valence-electron chi connectivity index (χ4n) is 1.65. The zero-order valence-electron chi connectivity index (χ0n) is 10.8. The molecule has 4 nitrogen and oxygen atoms in total. The number of nitrogens with one attached hydrogen (secondary N) is 1. The number of nitro groups is 1. The minimum Gasteiger partial charge on any atom is -0.313 e. The van der Waals surface area contributed by atoms with E-state index in [0.717, 1.165) is 24.4 Å². The SMILES string of the molecule is CC(C)CCCNCc1ccc([N+](=O)[O-])cc1Cl. The molecular weight excluding hydrogens is 252 g/mol. The number of nitrogens with zero attached hydrogens (tertiary/aromatic N) is 1. The molecule has 100 valence electrons. The van der Waals surface area contributed by atoms with Gasteiger partial charge in [0.25, 0.3) is 5.69 Å². The third kappa shape index (κ3) is 5.02. The van der Waals surface area contributed by atoms with Crippen LogP contribution in [-0.4, -0.2) is 11.5 Å². The molecule has 0 spiro atoms. The molecule has 0 bridgehead atoms. The Morgan fingerprint density at radius 3 is 2.72 bits per heavy atom. The topological polar surface area (TPSA) is 55.2 Å². The van der Waals surface area contributed by atoms with Crippen molar-refractivity contribution in [1.82, 2.24) is 5.32 Å². The minimum atomic E-state index is -0.439. The van der Waals surface area contributed by atoms with Gasteiger partial charge in [-0.2, -0.15) is 0 Å². The smallest absolute Gasteiger partial charge is 0.270 e. The normalized spacial score (nSPS) is 10.9. The summed E-state index contributed by atoms with van der Waals surface area (Å²) in [4.78, 5) is 10.1. The average Bonchev–Trinajstić information content (AvgIpc) is 2.29. The number of hydrogen-bond acceptors (Lipinski definition) is 3. The number of non-ortho nitro benzene ring substituents is 1. The van der Waals surface area contributed by atoms with E-state index in [0.29, 0.717) is 11.6 Å². The van der Waals surface area contributed by atoms with Crippen LogP contribution in [0.1, 0.15) is 32.3 Å². The van der Waals surface area contributed by atoms with Crippen molar-refractivity contribution in [2.24, 2.45) is 5.92 Å². The molecule has 0 heterocycles. The predicted octanol–water partition coefficient (Wildman–Crippen LogP) is 3.77. The summed E-state index contributed by atoms with van der Waals surface area (Å²) in [7, 11) is 0. The van der Waals surface area contributed by atoms with Crippen molar-refractivity contribution >= 4 is 17.3 Å². The molecule has 0 unspecified atom stereocenters. The zero-order valence-corrected chi connectivity index (χ0v) is 11.5. The molecule has 0 aromatic heterocycles. The lowest BCUT2D eigenvalue weighted by atomic mass is 10.1. The van der Waals surface area contributed by atoms with E-state index < -0.39 is 4.92 Å². The van der Waals surface area contributed by atoms with Gasteiger partial charge in [-0.3, -0.25) is 10.1 Å². The van der Waals surface area contributed by atoms with E-state index in [1.165, 1.54) is 18.6 Å². The Bertz CT molecular complexity index is 408. The van der Waals surface area contributed by atoms with E-state index in [1.54, 1.807) is 6.07 Å². The maximum absolute atomic E-state index is 10.6. The van der Waals surface area contributed by atoms with Crippen molar-refractivity contribution in [2.45, 2.75) is 33.2 Å². The second-order valence-corrected chi connectivity index (χ2v) is 5.15. The lowest BCUT2D eigenvalue weighted by molar-refractivity contribution is -0.384. The van der Waals surface area contributed by atoms with Crippen LogP contribution in [0.4, 0.5) is 5.69 Å². The lowest BCUT2D eigenvalue weighted by Crippen LogP contribution is -2.15. The zero-order chi connectivity index (χ0) is 13.5. The van der Waals surface area contributed by atoms with Crippen molar-refractivity contribution < 1.29 is 4.92 Å². The Labute approximate surface area is 112 Å². The highest BCUT2D eigenvalue weighted by Crippen LogP contribution is 2.22. The number of benzene rings is 1. The first-order valence-corrected chi connectivity index (χ1v) is 6.52. The van der Waals surface area contributed by atoms with Crippen molar-refractivity contribution in [2.75, 3.05) is 6.54 Å². The quantitative estimate of drug-likeness (QED) is 0.466. The van der Waals surface area contributed by atoms with Crippen LogP contribution in [0.15, 0.2) is 18.2 Å². The number of hydrogen-bond donors (Lipinski definition) is 1. The Hall–Kier alpha value is -1.13. The van der Waals surface area contributed by atoms with Crippen LogP contribution in [0.25, 0.3) is 0 Å². The molecule has 1 rings (SSSR count). The van der Waals surface area contributed by atoms with Crippen molar-refractivity contribution in [3.05, 3.63) is 38.9 Å². The molecule has 5 heteroatoms. The second kappa shape index (κ2) is 7.34. The Morgan fingerprint density at radius 2 is 2.17 bits per heavy atom. The molecule has 1 aromatic carbocycles. The predicted molar refractivity (Wildman–Crippen MR) is 73.9 cm³/mol. The Balaban J connectivity index is 2.41. The molecule has 0 saturated carbocycles. The Morgan fingerprint density at radius 1 is 1.44 bits per heavy atom. The summed E-state index contributed by atoms with van der Waals surface area (Å²) >= 11 is 5.99. The standard InChI is InChI=1S/C13H19ClN2O2/c1-10(2)4-3-7-15-9-11-5-6-12(16(17)18)8-13(11)14/h5-6,8,10,15H,3-4,7,9H2,1-2H3. The molecule has 0 aliphatic heterocycles. The number of rotatable bonds is 7. The molecule has 0 atom stereocenters. The fourth-order valence-corrected chi connectivity index (χ4v) is 1.89. The van der Waals surface area contributed by atoms with Crippen molar-refractivity contribution in [1.29, 1.82) is 0 Å². The molecule has 1 aromatic rings. The van der Waals surface area contributed by atoms with Gasteiger partial charge in [-0.1, -0.05) is 25.4 Å². The summed E-state index contributed by atoms with van der Waals surface area (Å²) in [5.41, 5.74) is 0.926. The molecular formula is C13H19ClN2O2. The van der Waals surface area contributed by atoms with Gasteiger partial charge < -0.3 is 5.32 Å². The highest BCUT2D eigenvalue weighted by Gasteiger charge is 2.08. The van der Waals surface area contributed by atoms with Crippen molar-refractivity contribution in [3.63, 3.8) is 0 Å². The van der Waals surface area contributed by atoms with Gasteiger partial charge in [-0.25, -0.2) is 0 Å². The summed E-state index contributed by atoms with van der Waals surface area (Å²) in [5, 5.41) is 14.3. The van der Waals surface area contributed by atoms with Crippen molar-refractivity contribution in [3.8, 4) is 0 Å². The van der Waals surface area contributed by atoms with Crippen LogP contribution in [0.2, 0.25) is 5.02 Å². The molecule has 1 N–H and O–H groups in total. The third-order valence-electron chi connectivity index (χ3n) is 2.70. The van der Waals surface area contributed by atoms with Gasteiger partial charge >= 0.3 is 0 Å². The van der Waals surface area contributed by atoms with Crippen LogP contribution in [-0.2, 0) is 6.54 Å². The number of halogens is 1. The van der Waals surface area contributed by atoms with Crippen LogP contribution in [0.3, 0.4) is 0 Å². The molecule has 0 amide bonds. The van der Waals surface area contributed by atoms with Crippen LogP contribution < -0.4 is 5.32 Å². The van der Waals surface area contributed by atoms with Gasteiger partial charge in [0.05, 0.1) is 9.95 Å². The first-order chi connectivity index (χ1) is 8.50. The first kappa shape index (κ1) is 14.9. The maximum atomic E-state index is 10.6. The summed E-state index contributed by atoms with van der Waals surface area (Å²) < 4.78 is 0. The van der Waals surface area contributed by atoms with Gasteiger partial charge in [-0.05, 0) is 36.9 Å². The molecule has 0 aliphatic carbocycles.